The number of hydrogen-bond acceptors (Lipinski definition) is 4. The smallest absolute Gasteiger partial charge is 0.335 e. The van der Waals surface area contributed by atoms with E-state index in [1.54, 1.807) is 24.5 Å². The van der Waals surface area contributed by atoms with Gasteiger partial charge in [0.15, 0.2) is 0 Å². The largest absolute Gasteiger partial charge is 0.478 e. The molecule has 0 fully saturated rings. The maximum atomic E-state index is 11.1. The van der Waals surface area contributed by atoms with E-state index in [0.717, 1.165) is 11.3 Å². The molecule has 3 aromatic rings. The van der Waals surface area contributed by atoms with E-state index in [1.807, 2.05) is 18.2 Å². The van der Waals surface area contributed by atoms with Crippen molar-refractivity contribution < 1.29 is 14.3 Å². The number of nitrogens with one attached hydrogen (secondary N) is 1. The van der Waals surface area contributed by atoms with Crippen molar-refractivity contribution in [1.29, 1.82) is 0 Å². The van der Waals surface area contributed by atoms with Crippen molar-refractivity contribution in [2.24, 2.45) is 0 Å². The van der Waals surface area contributed by atoms with Crippen molar-refractivity contribution >= 4 is 30.0 Å². The SMILES string of the molecule is Cl.O=C(O)c1ccc(Cl)c(-c2ccc(CNCc3cccnc3)o2)c1. The predicted molar refractivity (Wildman–Crippen MR) is 98.1 cm³/mol. The predicted octanol–water partition coefficient (Wildman–Crippen LogP) is 4.40. The third-order valence-electron chi connectivity index (χ3n) is 3.49. The fraction of sp³-hybridized carbons (Fsp3) is 0.111. The van der Waals surface area contributed by atoms with Gasteiger partial charge >= 0.3 is 5.97 Å². The van der Waals surface area contributed by atoms with Crippen LogP contribution >= 0.6 is 24.0 Å². The summed E-state index contributed by atoms with van der Waals surface area (Å²) >= 11 is 6.15. The van der Waals surface area contributed by atoms with Gasteiger partial charge < -0.3 is 14.8 Å². The number of aromatic carboxylic acids is 1. The van der Waals surface area contributed by atoms with E-state index >= 15 is 0 Å². The first-order chi connectivity index (χ1) is 11.6. The molecule has 0 saturated carbocycles. The monoisotopic (exact) mass is 378 g/mol. The van der Waals surface area contributed by atoms with Crippen molar-refractivity contribution in [2.75, 3.05) is 0 Å². The molecule has 3 rings (SSSR count). The van der Waals surface area contributed by atoms with Gasteiger partial charge in [-0.15, -0.1) is 12.4 Å². The third-order valence-corrected chi connectivity index (χ3v) is 3.82. The van der Waals surface area contributed by atoms with Gasteiger partial charge in [-0.1, -0.05) is 17.7 Å². The molecule has 0 saturated heterocycles. The van der Waals surface area contributed by atoms with Crippen LogP contribution in [0.2, 0.25) is 5.02 Å². The van der Waals surface area contributed by atoms with Crippen molar-refractivity contribution in [3.8, 4) is 11.3 Å². The van der Waals surface area contributed by atoms with Crippen LogP contribution in [0.25, 0.3) is 11.3 Å². The number of benzene rings is 1. The van der Waals surface area contributed by atoms with Crippen molar-refractivity contribution in [1.82, 2.24) is 10.3 Å². The minimum Gasteiger partial charge on any atom is -0.478 e. The van der Waals surface area contributed by atoms with Gasteiger partial charge in [0.05, 0.1) is 17.1 Å². The molecule has 1 aromatic carbocycles. The zero-order chi connectivity index (χ0) is 16.9. The molecule has 2 N–H and O–H groups in total. The number of carboxylic acid groups (broad SMARTS) is 1. The Morgan fingerprint density at radius 1 is 1.20 bits per heavy atom. The Balaban J connectivity index is 0.00000225. The molecule has 0 atom stereocenters. The summed E-state index contributed by atoms with van der Waals surface area (Å²) in [5.41, 5.74) is 1.82. The van der Waals surface area contributed by atoms with E-state index in [4.69, 9.17) is 21.1 Å². The second kappa shape index (κ2) is 8.67. The van der Waals surface area contributed by atoms with E-state index in [1.165, 1.54) is 12.1 Å². The second-order valence-electron chi connectivity index (χ2n) is 5.23. The maximum absolute atomic E-state index is 11.1. The molecule has 5 nitrogen and oxygen atoms in total. The molecule has 2 aromatic heterocycles. The average molecular weight is 379 g/mol. The van der Waals surface area contributed by atoms with E-state index in [9.17, 15) is 4.79 Å². The zero-order valence-corrected chi connectivity index (χ0v) is 14.7. The molecule has 0 aliphatic carbocycles. The highest BCUT2D eigenvalue weighted by Crippen LogP contribution is 2.30. The summed E-state index contributed by atoms with van der Waals surface area (Å²) in [7, 11) is 0. The lowest BCUT2D eigenvalue weighted by molar-refractivity contribution is 0.0697. The molecule has 7 heteroatoms. The quantitative estimate of drug-likeness (QED) is 0.664. The van der Waals surface area contributed by atoms with Gasteiger partial charge in [-0.25, -0.2) is 4.79 Å². The number of carbonyl (C=O) groups is 1. The first-order valence-electron chi connectivity index (χ1n) is 7.35. The Hall–Kier alpha value is -2.34. The van der Waals surface area contributed by atoms with E-state index in [-0.39, 0.29) is 18.0 Å². The molecule has 130 valence electrons. The van der Waals surface area contributed by atoms with Crippen LogP contribution in [0, 0.1) is 0 Å². The van der Waals surface area contributed by atoms with Crippen LogP contribution in [0.1, 0.15) is 21.7 Å². The summed E-state index contributed by atoms with van der Waals surface area (Å²) in [6.45, 7) is 1.23. The average Bonchev–Trinajstić information content (AvgIpc) is 3.04. The van der Waals surface area contributed by atoms with Gasteiger partial charge in [0.2, 0.25) is 0 Å². The van der Waals surface area contributed by atoms with Gasteiger partial charge in [0.1, 0.15) is 11.5 Å². The molecule has 0 radical (unpaired) electrons. The molecular weight excluding hydrogens is 363 g/mol. The lowest BCUT2D eigenvalue weighted by atomic mass is 10.1. The molecule has 0 aliphatic rings. The fourth-order valence-electron chi connectivity index (χ4n) is 2.30. The summed E-state index contributed by atoms with van der Waals surface area (Å²) in [5.74, 6) is 0.282. The van der Waals surface area contributed by atoms with E-state index in [0.29, 0.717) is 29.4 Å². The number of aromatic nitrogens is 1. The summed E-state index contributed by atoms with van der Waals surface area (Å²) in [6.07, 6.45) is 3.54. The van der Waals surface area contributed by atoms with E-state index < -0.39 is 5.97 Å². The number of hydrogen-bond donors (Lipinski definition) is 2. The summed E-state index contributed by atoms with van der Waals surface area (Å²) in [4.78, 5) is 15.1. The summed E-state index contributed by atoms with van der Waals surface area (Å²) < 4.78 is 5.77. The standard InChI is InChI=1S/C18H15ClN2O3.ClH/c19-16-5-3-13(18(22)23)8-15(16)17-6-4-14(24-17)11-21-10-12-2-1-7-20-9-12;/h1-9,21H,10-11H2,(H,22,23);1H. The van der Waals surface area contributed by atoms with Crippen molar-refractivity contribution in [3.05, 3.63) is 76.8 Å². The van der Waals surface area contributed by atoms with Gasteiger partial charge in [-0.2, -0.15) is 0 Å². The molecule has 0 bridgehead atoms. The third kappa shape index (κ3) is 4.82. The van der Waals surface area contributed by atoms with Crippen LogP contribution in [-0.4, -0.2) is 16.1 Å². The van der Waals surface area contributed by atoms with Crippen LogP contribution in [0.5, 0.6) is 0 Å². The van der Waals surface area contributed by atoms with Gasteiger partial charge in [-0.3, -0.25) is 4.98 Å². The summed E-state index contributed by atoms with van der Waals surface area (Å²) in [5, 5.41) is 12.8. The molecular formula is C18H16Cl2N2O3. The Kier molecular flexibility index (Phi) is 6.58. The van der Waals surface area contributed by atoms with E-state index in [2.05, 4.69) is 10.3 Å². The molecule has 0 unspecified atom stereocenters. The summed E-state index contributed by atoms with van der Waals surface area (Å²) in [6, 6.07) is 12.0. The molecule has 25 heavy (non-hydrogen) atoms. The van der Waals surface area contributed by atoms with Crippen LogP contribution < -0.4 is 5.32 Å². The number of halogens is 2. The van der Waals surface area contributed by atoms with Crippen LogP contribution in [0.15, 0.2) is 59.3 Å². The first-order valence-corrected chi connectivity index (χ1v) is 7.73. The lowest BCUT2D eigenvalue weighted by Crippen LogP contribution is -2.12. The van der Waals surface area contributed by atoms with Gasteiger partial charge in [-0.05, 0) is 42.0 Å². The van der Waals surface area contributed by atoms with Crippen LogP contribution in [0.4, 0.5) is 0 Å². The minimum absolute atomic E-state index is 0. The Morgan fingerprint density at radius 2 is 2.04 bits per heavy atom. The molecule has 0 spiro atoms. The molecule has 0 aliphatic heterocycles. The van der Waals surface area contributed by atoms with Crippen molar-refractivity contribution in [3.63, 3.8) is 0 Å². The number of furan rings is 1. The van der Waals surface area contributed by atoms with Crippen molar-refractivity contribution in [2.45, 2.75) is 13.1 Å². The zero-order valence-electron chi connectivity index (χ0n) is 13.1. The maximum Gasteiger partial charge on any atom is 0.335 e. The fourth-order valence-corrected chi connectivity index (χ4v) is 2.51. The number of nitrogens with zero attached hydrogens (tertiary/aromatic N) is 1. The minimum atomic E-state index is -1.00. The molecule has 2 heterocycles. The number of pyridine rings is 1. The highest BCUT2D eigenvalue weighted by molar-refractivity contribution is 6.33. The van der Waals surface area contributed by atoms with Gasteiger partial charge in [0, 0.05) is 24.5 Å². The Labute approximate surface area is 156 Å². The Bertz CT molecular complexity index is 851. The topological polar surface area (TPSA) is 75.4 Å². The number of carboxylic acids is 1. The van der Waals surface area contributed by atoms with Crippen LogP contribution in [-0.2, 0) is 13.1 Å². The van der Waals surface area contributed by atoms with Gasteiger partial charge in [0.25, 0.3) is 0 Å². The highest BCUT2D eigenvalue weighted by Gasteiger charge is 2.12. The normalized spacial score (nSPS) is 10.3. The highest BCUT2D eigenvalue weighted by atomic mass is 35.5. The lowest BCUT2D eigenvalue weighted by Gasteiger charge is -2.04. The van der Waals surface area contributed by atoms with Crippen LogP contribution in [0.3, 0.4) is 0 Å². The molecule has 0 amide bonds. The second-order valence-corrected chi connectivity index (χ2v) is 5.64. The first kappa shape index (κ1) is 19.0. The Morgan fingerprint density at radius 3 is 2.76 bits per heavy atom. The number of rotatable bonds is 6.